The van der Waals surface area contributed by atoms with Gasteiger partial charge in [-0.25, -0.2) is 15.0 Å². The van der Waals surface area contributed by atoms with E-state index in [1.807, 2.05) is 55.0 Å². The van der Waals surface area contributed by atoms with Crippen LogP contribution in [0.2, 0.25) is 0 Å². The Kier molecular flexibility index (Phi) is 7.32. The highest BCUT2D eigenvalue weighted by molar-refractivity contribution is 5.86. The molecule has 9 nitrogen and oxygen atoms in total. The summed E-state index contributed by atoms with van der Waals surface area (Å²) in [4.78, 5) is 23.2. The molecule has 0 atom stereocenters. The lowest BCUT2D eigenvalue weighted by Crippen LogP contribution is -2.08. The number of anilines is 2. The molecule has 0 unspecified atom stereocenters. The maximum Gasteiger partial charge on any atom is 0.166 e. The molecule has 0 radical (unpaired) electrons. The van der Waals surface area contributed by atoms with Gasteiger partial charge in [0.15, 0.2) is 17.3 Å². The molecule has 0 aliphatic rings. The monoisotopic (exact) mass is 494 g/mol. The number of hydrogen-bond donors (Lipinski definition) is 3. The van der Waals surface area contributed by atoms with Crippen molar-refractivity contribution in [2.75, 3.05) is 23.8 Å². The molecule has 9 heteroatoms. The summed E-state index contributed by atoms with van der Waals surface area (Å²) in [6.07, 6.45) is 7.90. The van der Waals surface area contributed by atoms with Gasteiger partial charge < -0.3 is 20.3 Å². The number of imidazole rings is 1. The van der Waals surface area contributed by atoms with Crippen LogP contribution in [0.25, 0.3) is 33.8 Å². The lowest BCUT2D eigenvalue weighted by molar-refractivity contribution is 0.292. The molecule has 0 amide bonds. The van der Waals surface area contributed by atoms with Gasteiger partial charge in [0.2, 0.25) is 0 Å². The number of benzene rings is 1. The fraction of sp³-hybridized carbons (Fsp3) is 0.250. The predicted octanol–water partition coefficient (Wildman–Crippen LogP) is 4.94. The zero-order valence-electron chi connectivity index (χ0n) is 21.0. The Labute approximate surface area is 215 Å². The van der Waals surface area contributed by atoms with Gasteiger partial charge in [-0.05, 0) is 56.2 Å². The Morgan fingerprint density at radius 3 is 2.59 bits per heavy atom. The minimum atomic E-state index is 0.136. The van der Waals surface area contributed by atoms with Crippen LogP contribution in [0.5, 0.6) is 0 Å². The molecule has 188 valence electrons. The van der Waals surface area contributed by atoms with Gasteiger partial charge in [-0.15, -0.1) is 0 Å². The summed E-state index contributed by atoms with van der Waals surface area (Å²) in [6, 6.07) is 16.1. The SMILES string of the molecule is CC(C)n1cnc2c(NCc3ccc(-c4cccnc4)nc3)nc(-c3ccccc3NCCCO)nc21. The summed E-state index contributed by atoms with van der Waals surface area (Å²) in [5.41, 5.74) is 6.20. The summed E-state index contributed by atoms with van der Waals surface area (Å²) >= 11 is 0. The molecule has 3 N–H and O–H groups in total. The van der Waals surface area contributed by atoms with Crippen molar-refractivity contribution in [1.82, 2.24) is 29.5 Å². The third kappa shape index (κ3) is 5.41. The smallest absolute Gasteiger partial charge is 0.166 e. The molecule has 37 heavy (non-hydrogen) atoms. The molecule has 0 spiro atoms. The Morgan fingerprint density at radius 1 is 0.946 bits per heavy atom. The molecule has 5 rings (SSSR count). The molecule has 4 heterocycles. The van der Waals surface area contributed by atoms with Crippen molar-refractivity contribution < 1.29 is 5.11 Å². The predicted molar refractivity (Wildman–Crippen MR) is 146 cm³/mol. The number of aliphatic hydroxyl groups excluding tert-OH is 1. The molecule has 0 fully saturated rings. The number of hydrogen-bond acceptors (Lipinski definition) is 8. The number of nitrogens with one attached hydrogen (secondary N) is 2. The van der Waals surface area contributed by atoms with Crippen molar-refractivity contribution in [3.8, 4) is 22.6 Å². The van der Waals surface area contributed by atoms with E-state index in [1.165, 1.54) is 0 Å². The van der Waals surface area contributed by atoms with Crippen molar-refractivity contribution in [2.24, 2.45) is 0 Å². The van der Waals surface area contributed by atoms with Gasteiger partial charge in [0.05, 0.1) is 12.0 Å². The van der Waals surface area contributed by atoms with Crippen LogP contribution < -0.4 is 10.6 Å². The minimum Gasteiger partial charge on any atom is -0.396 e. The standard InChI is InChI=1S/C28H30N8O/c1-19(2)36-18-33-25-27(32-16-20-10-11-23(31-15-20)21-7-5-12-29-17-21)34-26(35-28(25)36)22-8-3-4-9-24(22)30-13-6-14-37/h3-5,7-12,15,17-19,30,37H,6,13-14,16H2,1-2H3,(H,32,34,35). The molecule has 0 aliphatic heterocycles. The topological polar surface area (TPSA) is 114 Å². The Hall–Kier alpha value is -4.37. The second kappa shape index (κ2) is 11.1. The first-order chi connectivity index (χ1) is 18.1. The molecule has 0 bridgehead atoms. The first-order valence-electron chi connectivity index (χ1n) is 12.4. The molecule has 0 saturated heterocycles. The summed E-state index contributed by atoms with van der Waals surface area (Å²) < 4.78 is 2.05. The maximum atomic E-state index is 9.18. The van der Waals surface area contributed by atoms with Gasteiger partial charge in [0.25, 0.3) is 0 Å². The summed E-state index contributed by atoms with van der Waals surface area (Å²) in [5, 5.41) is 16.0. The highest BCUT2D eigenvalue weighted by atomic mass is 16.3. The van der Waals surface area contributed by atoms with Gasteiger partial charge in [-0.1, -0.05) is 18.2 Å². The highest BCUT2D eigenvalue weighted by Gasteiger charge is 2.17. The zero-order valence-corrected chi connectivity index (χ0v) is 21.0. The normalized spacial score (nSPS) is 11.2. The maximum absolute atomic E-state index is 9.18. The van der Waals surface area contributed by atoms with Gasteiger partial charge in [0.1, 0.15) is 5.52 Å². The first-order valence-corrected chi connectivity index (χ1v) is 12.4. The number of nitrogens with zero attached hydrogens (tertiary/aromatic N) is 6. The van der Waals surface area contributed by atoms with Gasteiger partial charge in [-0.3, -0.25) is 9.97 Å². The average molecular weight is 495 g/mol. The number of para-hydroxylation sites is 1. The number of aliphatic hydroxyl groups is 1. The van der Waals surface area contributed by atoms with Gasteiger partial charge in [-0.2, -0.15) is 0 Å². The Balaban J connectivity index is 1.46. The average Bonchev–Trinajstić information content (AvgIpc) is 3.38. The van der Waals surface area contributed by atoms with Crippen molar-refractivity contribution in [1.29, 1.82) is 0 Å². The summed E-state index contributed by atoms with van der Waals surface area (Å²) in [7, 11) is 0. The minimum absolute atomic E-state index is 0.136. The van der Waals surface area contributed by atoms with Crippen LogP contribution in [0.15, 0.2) is 73.4 Å². The van der Waals surface area contributed by atoms with Crippen LogP contribution >= 0.6 is 0 Å². The number of aromatic nitrogens is 6. The fourth-order valence-corrected chi connectivity index (χ4v) is 4.07. The summed E-state index contributed by atoms with van der Waals surface area (Å²) in [5.74, 6) is 1.27. The van der Waals surface area contributed by atoms with E-state index in [2.05, 4.69) is 50.1 Å². The van der Waals surface area contributed by atoms with Gasteiger partial charge >= 0.3 is 0 Å². The van der Waals surface area contributed by atoms with Crippen LogP contribution in [0.4, 0.5) is 11.5 Å². The van der Waals surface area contributed by atoms with Crippen molar-refractivity contribution in [3.63, 3.8) is 0 Å². The van der Waals surface area contributed by atoms with E-state index in [1.54, 1.807) is 12.4 Å². The van der Waals surface area contributed by atoms with Crippen LogP contribution in [-0.4, -0.2) is 47.7 Å². The lowest BCUT2D eigenvalue weighted by Gasteiger charge is -2.14. The molecular formula is C28H30N8O. The first kappa shape index (κ1) is 24.3. The van der Waals surface area contributed by atoms with E-state index >= 15 is 0 Å². The van der Waals surface area contributed by atoms with Crippen molar-refractivity contribution in [3.05, 3.63) is 79.0 Å². The van der Waals surface area contributed by atoms with E-state index in [0.717, 1.165) is 39.2 Å². The number of rotatable bonds is 10. The van der Waals surface area contributed by atoms with E-state index in [0.29, 0.717) is 31.2 Å². The van der Waals surface area contributed by atoms with Crippen LogP contribution in [0, 0.1) is 0 Å². The zero-order chi connectivity index (χ0) is 25.6. The van der Waals surface area contributed by atoms with Crippen LogP contribution in [0.1, 0.15) is 31.9 Å². The molecule has 0 aliphatic carbocycles. The van der Waals surface area contributed by atoms with E-state index in [4.69, 9.17) is 9.97 Å². The summed E-state index contributed by atoms with van der Waals surface area (Å²) in [6.45, 7) is 5.55. The second-order valence-electron chi connectivity index (χ2n) is 9.01. The van der Waals surface area contributed by atoms with E-state index < -0.39 is 0 Å². The Bertz CT molecular complexity index is 1470. The highest BCUT2D eigenvalue weighted by Crippen LogP contribution is 2.30. The molecular weight excluding hydrogens is 464 g/mol. The lowest BCUT2D eigenvalue weighted by atomic mass is 10.1. The Morgan fingerprint density at radius 2 is 1.84 bits per heavy atom. The quantitative estimate of drug-likeness (QED) is 0.234. The molecule has 0 saturated carbocycles. The second-order valence-corrected chi connectivity index (χ2v) is 9.01. The molecule has 4 aromatic heterocycles. The molecule has 1 aromatic carbocycles. The van der Waals surface area contributed by atoms with E-state index in [-0.39, 0.29) is 12.6 Å². The van der Waals surface area contributed by atoms with Crippen molar-refractivity contribution >= 4 is 22.7 Å². The third-order valence-electron chi connectivity index (χ3n) is 6.04. The molecule has 5 aromatic rings. The fourth-order valence-electron chi connectivity index (χ4n) is 4.07. The van der Waals surface area contributed by atoms with Crippen LogP contribution in [0.3, 0.4) is 0 Å². The van der Waals surface area contributed by atoms with Gasteiger partial charge in [0, 0.05) is 61.1 Å². The van der Waals surface area contributed by atoms with Crippen molar-refractivity contribution in [2.45, 2.75) is 32.9 Å². The van der Waals surface area contributed by atoms with E-state index in [9.17, 15) is 5.11 Å². The number of pyridine rings is 2. The largest absolute Gasteiger partial charge is 0.396 e. The number of fused-ring (bicyclic) bond motifs is 1. The van der Waals surface area contributed by atoms with Crippen LogP contribution in [-0.2, 0) is 6.54 Å². The third-order valence-corrected chi connectivity index (χ3v) is 6.04.